The lowest BCUT2D eigenvalue weighted by Gasteiger charge is -2.33. The molecule has 0 saturated carbocycles. The Hall–Kier alpha value is -1.52. The van der Waals surface area contributed by atoms with E-state index in [2.05, 4.69) is 11.9 Å². The molecule has 0 aliphatic rings. The normalized spacial score (nSPS) is 13.0. The van der Waals surface area contributed by atoms with Crippen LogP contribution in [0, 0.1) is 11.3 Å². The summed E-state index contributed by atoms with van der Waals surface area (Å²) in [4.78, 5) is 22.6. The highest BCUT2D eigenvalue weighted by Crippen LogP contribution is 2.26. The SMILES string of the molecule is C=CCOC(=O)N[C@H](C(C)C)C(C)(C)C(=O)O. The molecule has 0 aliphatic heterocycles. The van der Waals surface area contributed by atoms with E-state index in [1.54, 1.807) is 13.8 Å². The highest BCUT2D eigenvalue weighted by atomic mass is 16.5. The number of alkyl carbamates (subject to hydrolysis) is 1. The van der Waals surface area contributed by atoms with E-state index >= 15 is 0 Å². The average Bonchev–Trinajstić information content (AvgIpc) is 2.21. The van der Waals surface area contributed by atoms with Gasteiger partial charge in [-0.15, -0.1) is 0 Å². The van der Waals surface area contributed by atoms with Gasteiger partial charge in [0.2, 0.25) is 0 Å². The predicted molar refractivity (Wildman–Crippen MR) is 64.7 cm³/mol. The first kappa shape index (κ1) is 15.5. The number of aliphatic carboxylic acids is 1. The minimum atomic E-state index is -1.05. The molecule has 0 spiro atoms. The molecule has 2 N–H and O–H groups in total. The molecule has 98 valence electrons. The molecular formula is C12H21NO4. The third-order valence-electron chi connectivity index (χ3n) is 2.60. The molecule has 0 radical (unpaired) electrons. The van der Waals surface area contributed by atoms with Crippen molar-refractivity contribution in [1.29, 1.82) is 0 Å². The van der Waals surface area contributed by atoms with Gasteiger partial charge < -0.3 is 15.2 Å². The zero-order valence-corrected chi connectivity index (χ0v) is 10.8. The van der Waals surface area contributed by atoms with E-state index in [9.17, 15) is 9.59 Å². The second kappa shape index (κ2) is 6.27. The first-order chi connectivity index (χ1) is 7.73. The topological polar surface area (TPSA) is 75.6 Å². The lowest BCUT2D eigenvalue weighted by molar-refractivity contribution is -0.149. The van der Waals surface area contributed by atoms with E-state index in [1.165, 1.54) is 6.08 Å². The Morgan fingerprint density at radius 1 is 1.47 bits per heavy atom. The van der Waals surface area contributed by atoms with Gasteiger partial charge in [-0.2, -0.15) is 0 Å². The minimum absolute atomic E-state index is 0.0163. The van der Waals surface area contributed by atoms with Crippen molar-refractivity contribution in [2.75, 3.05) is 6.61 Å². The van der Waals surface area contributed by atoms with Gasteiger partial charge in [0.15, 0.2) is 0 Å². The van der Waals surface area contributed by atoms with Crippen LogP contribution in [0.1, 0.15) is 27.7 Å². The van der Waals surface area contributed by atoms with Gasteiger partial charge in [0.05, 0.1) is 11.5 Å². The van der Waals surface area contributed by atoms with E-state index in [4.69, 9.17) is 9.84 Å². The molecule has 0 aliphatic carbocycles. The fraction of sp³-hybridized carbons (Fsp3) is 0.667. The van der Waals surface area contributed by atoms with Gasteiger partial charge in [0, 0.05) is 0 Å². The zero-order chi connectivity index (χ0) is 13.6. The third kappa shape index (κ3) is 4.46. The minimum Gasteiger partial charge on any atom is -0.481 e. The molecule has 0 fully saturated rings. The predicted octanol–water partition coefficient (Wildman–Crippen LogP) is 2.03. The molecule has 0 rings (SSSR count). The first-order valence-electron chi connectivity index (χ1n) is 5.51. The van der Waals surface area contributed by atoms with Crippen molar-refractivity contribution in [1.82, 2.24) is 5.32 Å². The Bertz CT molecular complexity index is 297. The van der Waals surface area contributed by atoms with Crippen molar-refractivity contribution in [3.05, 3.63) is 12.7 Å². The molecule has 0 aromatic rings. The van der Waals surface area contributed by atoms with E-state index in [-0.39, 0.29) is 12.5 Å². The number of nitrogens with one attached hydrogen (secondary N) is 1. The number of carbonyl (C=O) groups excluding carboxylic acids is 1. The fourth-order valence-electron chi connectivity index (χ4n) is 1.62. The quantitative estimate of drug-likeness (QED) is 0.700. The Balaban J connectivity index is 4.71. The van der Waals surface area contributed by atoms with Crippen LogP contribution in [-0.2, 0) is 9.53 Å². The van der Waals surface area contributed by atoms with Gasteiger partial charge in [-0.3, -0.25) is 4.79 Å². The molecule has 0 aromatic heterocycles. The monoisotopic (exact) mass is 243 g/mol. The van der Waals surface area contributed by atoms with Gasteiger partial charge in [0.25, 0.3) is 0 Å². The number of amides is 1. The summed E-state index contributed by atoms with van der Waals surface area (Å²) in [6, 6.07) is -0.502. The first-order valence-corrected chi connectivity index (χ1v) is 5.51. The molecule has 0 bridgehead atoms. The fourth-order valence-corrected chi connectivity index (χ4v) is 1.62. The number of ether oxygens (including phenoxy) is 1. The number of rotatable bonds is 6. The summed E-state index contributed by atoms with van der Waals surface area (Å²) < 4.78 is 4.79. The maximum atomic E-state index is 11.4. The molecular weight excluding hydrogens is 222 g/mol. The van der Waals surface area contributed by atoms with E-state index in [0.717, 1.165) is 0 Å². The second-order valence-corrected chi connectivity index (χ2v) is 4.78. The zero-order valence-electron chi connectivity index (χ0n) is 10.8. The van der Waals surface area contributed by atoms with Crippen LogP contribution in [-0.4, -0.2) is 29.8 Å². The lowest BCUT2D eigenvalue weighted by atomic mass is 9.78. The Morgan fingerprint density at radius 3 is 2.35 bits per heavy atom. The number of carbonyl (C=O) groups is 2. The molecule has 1 amide bonds. The molecule has 17 heavy (non-hydrogen) atoms. The van der Waals surface area contributed by atoms with E-state index in [0.29, 0.717) is 0 Å². The van der Waals surface area contributed by atoms with Crippen molar-refractivity contribution < 1.29 is 19.4 Å². The number of carboxylic acids is 1. The van der Waals surface area contributed by atoms with Crippen LogP contribution in [0.25, 0.3) is 0 Å². The number of hydrogen-bond donors (Lipinski definition) is 2. The summed E-state index contributed by atoms with van der Waals surface area (Å²) in [7, 11) is 0. The van der Waals surface area contributed by atoms with Gasteiger partial charge in [-0.05, 0) is 19.8 Å². The molecule has 0 saturated heterocycles. The van der Waals surface area contributed by atoms with Gasteiger partial charge in [0.1, 0.15) is 6.61 Å². The van der Waals surface area contributed by atoms with Crippen LogP contribution >= 0.6 is 0 Å². The van der Waals surface area contributed by atoms with Crippen molar-refractivity contribution in [2.45, 2.75) is 33.7 Å². The summed E-state index contributed by atoms with van der Waals surface area (Å²) in [6.07, 6.45) is 0.824. The summed E-state index contributed by atoms with van der Waals surface area (Å²) in [5.41, 5.74) is -1.05. The maximum absolute atomic E-state index is 11.4. The summed E-state index contributed by atoms with van der Waals surface area (Å²) in [5, 5.41) is 11.7. The largest absolute Gasteiger partial charge is 0.481 e. The lowest BCUT2D eigenvalue weighted by Crippen LogP contribution is -2.52. The van der Waals surface area contributed by atoms with Crippen LogP contribution in [0.4, 0.5) is 4.79 Å². The van der Waals surface area contributed by atoms with Crippen LogP contribution in [0.3, 0.4) is 0 Å². The van der Waals surface area contributed by atoms with Crippen molar-refractivity contribution in [2.24, 2.45) is 11.3 Å². The van der Waals surface area contributed by atoms with E-state index in [1.807, 2.05) is 13.8 Å². The van der Waals surface area contributed by atoms with Crippen LogP contribution < -0.4 is 5.32 Å². The molecule has 5 heteroatoms. The summed E-state index contributed by atoms with van der Waals surface area (Å²) >= 11 is 0. The van der Waals surface area contributed by atoms with Crippen molar-refractivity contribution >= 4 is 12.1 Å². The maximum Gasteiger partial charge on any atom is 0.407 e. The molecule has 5 nitrogen and oxygen atoms in total. The summed E-state index contributed by atoms with van der Waals surface area (Å²) in [6.45, 7) is 10.4. The third-order valence-corrected chi connectivity index (χ3v) is 2.60. The van der Waals surface area contributed by atoms with Crippen LogP contribution in [0.2, 0.25) is 0 Å². The molecule has 0 aromatic carbocycles. The van der Waals surface area contributed by atoms with Gasteiger partial charge >= 0.3 is 12.1 Å². The number of carboxylic acid groups (broad SMARTS) is 1. The standard InChI is InChI=1S/C12H21NO4/c1-6-7-17-11(16)13-9(8(2)3)12(4,5)10(14)15/h6,8-9H,1,7H2,2-5H3,(H,13,16)(H,14,15)/t9-/m1/s1. The average molecular weight is 243 g/mol. The summed E-state index contributed by atoms with van der Waals surface area (Å²) in [5.74, 6) is -0.974. The van der Waals surface area contributed by atoms with Gasteiger partial charge in [-0.1, -0.05) is 26.5 Å². The highest BCUT2D eigenvalue weighted by molar-refractivity contribution is 5.76. The highest BCUT2D eigenvalue weighted by Gasteiger charge is 2.39. The van der Waals surface area contributed by atoms with Crippen LogP contribution in [0.5, 0.6) is 0 Å². The molecule has 0 heterocycles. The second-order valence-electron chi connectivity index (χ2n) is 4.78. The Morgan fingerprint density at radius 2 is 2.00 bits per heavy atom. The Labute approximate surface area is 102 Å². The smallest absolute Gasteiger partial charge is 0.407 e. The molecule has 1 atom stereocenters. The van der Waals surface area contributed by atoms with Crippen molar-refractivity contribution in [3.8, 4) is 0 Å². The van der Waals surface area contributed by atoms with Gasteiger partial charge in [-0.25, -0.2) is 4.79 Å². The van der Waals surface area contributed by atoms with E-state index < -0.39 is 23.5 Å². The Kier molecular flexibility index (Phi) is 5.71. The van der Waals surface area contributed by atoms with Crippen molar-refractivity contribution in [3.63, 3.8) is 0 Å². The molecule has 0 unspecified atom stereocenters. The number of hydrogen-bond acceptors (Lipinski definition) is 3. The van der Waals surface area contributed by atoms with Crippen LogP contribution in [0.15, 0.2) is 12.7 Å².